The van der Waals surface area contributed by atoms with Crippen LogP contribution >= 0.6 is 23.2 Å². The number of aryl methyl sites for hydroxylation is 1. The molecule has 0 atom stereocenters. The molecule has 6 heteroatoms. The second kappa shape index (κ2) is 5.11. The number of nitrogens with one attached hydrogen (secondary N) is 1. The van der Waals surface area contributed by atoms with Crippen LogP contribution in [0.5, 0.6) is 0 Å². The van der Waals surface area contributed by atoms with Gasteiger partial charge in [-0.25, -0.2) is 9.78 Å². The van der Waals surface area contributed by atoms with Crippen LogP contribution in [0.1, 0.15) is 5.56 Å². The molecule has 0 aliphatic heterocycles. The predicted molar refractivity (Wildman–Crippen MR) is 92.3 cm³/mol. The maximum Gasteiger partial charge on any atom is 0.347 e. The molecule has 0 radical (unpaired) electrons. The summed E-state index contributed by atoms with van der Waals surface area (Å²) in [4.78, 5) is 19.9. The van der Waals surface area contributed by atoms with Gasteiger partial charge in [-0.2, -0.15) is 0 Å². The molecule has 0 fully saturated rings. The number of imidazole rings is 1. The van der Waals surface area contributed by atoms with E-state index in [1.165, 1.54) is 6.07 Å². The average molecular weight is 345 g/mol. The summed E-state index contributed by atoms with van der Waals surface area (Å²) in [5, 5.41) is 1.42. The van der Waals surface area contributed by atoms with Gasteiger partial charge in [-0.05, 0) is 42.8 Å². The number of hydrogen-bond acceptors (Lipinski definition) is 3. The van der Waals surface area contributed by atoms with Crippen molar-refractivity contribution in [1.29, 1.82) is 0 Å². The number of H-pyrrole nitrogens is 1. The summed E-state index contributed by atoms with van der Waals surface area (Å²) < 4.78 is 5.35. The van der Waals surface area contributed by atoms with Gasteiger partial charge < -0.3 is 9.40 Å². The quantitative estimate of drug-likeness (QED) is 0.497. The van der Waals surface area contributed by atoms with Gasteiger partial charge in [-0.15, -0.1) is 0 Å². The zero-order valence-electron chi connectivity index (χ0n) is 12.0. The van der Waals surface area contributed by atoms with E-state index < -0.39 is 5.63 Å². The highest BCUT2D eigenvalue weighted by molar-refractivity contribution is 6.38. The number of halogens is 2. The number of nitrogens with zero attached hydrogens (tertiary/aromatic N) is 1. The lowest BCUT2D eigenvalue weighted by Gasteiger charge is -2.02. The molecule has 2 heterocycles. The molecule has 114 valence electrons. The number of benzene rings is 2. The van der Waals surface area contributed by atoms with Crippen LogP contribution in [-0.2, 0) is 0 Å². The van der Waals surface area contributed by atoms with Gasteiger partial charge in [0.15, 0.2) is 5.58 Å². The minimum absolute atomic E-state index is 0.302. The Bertz CT molecular complexity index is 1130. The van der Waals surface area contributed by atoms with Crippen LogP contribution in [0, 0.1) is 6.92 Å². The van der Waals surface area contributed by atoms with Gasteiger partial charge in [-0.1, -0.05) is 29.3 Å². The largest absolute Gasteiger partial charge is 0.421 e. The van der Waals surface area contributed by atoms with Crippen LogP contribution in [0.2, 0.25) is 10.0 Å². The van der Waals surface area contributed by atoms with E-state index in [-0.39, 0.29) is 0 Å². The molecular weight excluding hydrogens is 335 g/mol. The Morgan fingerprint density at radius 2 is 1.96 bits per heavy atom. The van der Waals surface area contributed by atoms with Crippen molar-refractivity contribution in [2.75, 3.05) is 0 Å². The third-order valence-corrected chi connectivity index (χ3v) is 4.14. The molecule has 2 aromatic carbocycles. The minimum atomic E-state index is -0.502. The third kappa shape index (κ3) is 2.40. The van der Waals surface area contributed by atoms with E-state index in [0.717, 1.165) is 16.6 Å². The lowest BCUT2D eigenvalue weighted by Crippen LogP contribution is -2.03. The first-order valence-electron chi connectivity index (χ1n) is 6.91. The van der Waals surface area contributed by atoms with E-state index >= 15 is 0 Å². The molecule has 4 rings (SSSR count). The van der Waals surface area contributed by atoms with Crippen molar-refractivity contribution >= 4 is 45.2 Å². The average Bonchev–Trinajstić information content (AvgIpc) is 2.90. The lowest BCUT2D eigenvalue weighted by atomic mass is 10.2. The smallest absolute Gasteiger partial charge is 0.347 e. The highest BCUT2D eigenvalue weighted by Gasteiger charge is 2.14. The van der Waals surface area contributed by atoms with Crippen LogP contribution in [0.15, 0.2) is 45.6 Å². The molecule has 1 N–H and O–H groups in total. The first kappa shape index (κ1) is 14.3. The number of hydrogen-bond donors (Lipinski definition) is 1. The Morgan fingerprint density at radius 3 is 2.78 bits per heavy atom. The molecule has 0 spiro atoms. The van der Waals surface area contributed by atoms with E-state index in [1.807, 2.05) is 25.1 Å². The fourth-order valence-electron chi connectivity index (χ4n) is 2.57. The molecule has 0 aliphatic rings. The molecule has 0 amide bonds. The lowest BCUT2D eigenvalue weighted by molar-refractivity contribution is 0.563. The molecule has 0 saturated heterocycles. The predicted octanol–water partition coefficient (Wildman–Crippen LogP) is 4.95. The molecule has 0 aliphatic carbocycles. The van der Waals surface area contributed by atoms with Crippen molar-refractivity contribution in [2.45, 2.75) is 6.92 Å². The van der Waals surface area contributed by atoms with E-state index in [2.05, 4.69) is 9.97 Å². The van der Waals surface area contributed by atoms with Crippen molar-refractivity contribution in [3.8, 4) is 11.4 Å². The molecule has 0 saturated carbocycles. The van der Waals surface area contributed by atoms with Crippen molar-refractivity contribution < 1.29 is 4.42 Å². The third-order valence-electron chi connectivity index (χ3n) is 3.64. The first-order chi connectivity index (χ1) is 11.0. The van der Waals surface area contributed by atoms with Gasteiger partial charge in [-0.3, -0.25) is 0 Å². The molecular formula is C17H10Cl2N2O2. The topological polar surface area (TPSA) is 58.9 Å². The van der Waals surface area contributed by atoms with Crippen molar-refractivity contribution in [2.24, 2.45) is 0 Å². The summed E-state index contributed by atoms with van der Waals surface area (Å²) in [6.45, 7) is 1.99. The molecule has 4 nitrogen and oxygen atoms in total. The molecule has 2 aromatic heterocycles. The maximum atomic E-state index is 12.3. The van der Waals surface area contributed by atoms with Gasteiger partial charge in [0.05, 0.1) is 16.1 Å². The molecule has 0 bridgehead atoms. The summed E-state index contributed by atoms with van der Waals surface area (Å²) >= 11 is 12.1. The van der Waals surface area contributed by atoms with Gasteiger partial charge >= 0.3 is 5.63 Å². The number of fused-ring (bicyclic) bond motifs is 2. The second-order valence-corrected chi connectivity index (χ2v) is 6.20. The van der Waals surface area contributed by atoms with Crippen molar-refractivity contribution in [1.82, 2.24) is 9.97 Å². The highest BCUT2D eigenvalue weighted by atomic mass is 35.5. The summed E-state index contributed by atoms with van der Waals surface area (Å²) in [7, 11) is 0. The summed E-state index contributed by atoms with van der Waals surface area (Å²) in [5.74, 6) is 0.456. The second-order valence-electron chi connectivity index (χ2n) is 5.36. The Balaban J connectivity index is 1.99. The van der Waals surface area contributed by atoms with Gasteiger partial charge in [0, 0.05) is 10.4 Å². The SMILES string of the molecule is Cc1ccc2nc(-c3cc4cc(Cl)cc(Cl)c4oc3=O)[nH]c2c1. The summed E-state index contributed by atoms with van der Waals surface area (Å²) in [6, 6.07) is 10.8. The normalized spacial score (nSPS) is 11.4. The number of aromatic nitrogens is 2. The number of rotatable bonds is 1. The fraction of sp³-hybridized carbons (Fsp3) is 0.0588. The Hall–Kier alpha value is -2.30. The van der Waals surface area contributed by atoms with E-state index in [0.29, 0.717) is 32.4 Å². The van der Waals surface area contributed by atoms with E-state index in [9.17, 15) is 4.79 Å². The van der Waals surface area contributed by atoms with Gasteiger partial charge in [0.2, 0.25) is 0 Å². The van der Waals surface area contributed by atoms with Crippen LogP contribution in [0.25, 0.3) is 33.4 Å². The minimum Gasteiger partial charge on any atom is -0.421 e. The van der Waals surface area contributed by atoms with Crippen LogP contribution in [0.4, 0.5) is 0 Å². The monoisotopic (exact) mass is 344 g/mol. The molecule has 0 unspecified atom stereocenters. The van der Waals surface area contributed by atoms with Gasteiger partial charge in [0.25, 0.3) is 0 Å². The van der Waals surface area contributed by atoms with Crippen molar-refractivity contribution in [3.05, 3.63) is 62.4 Å². The fourth-order valence-corrected chi connectivity index (χ4v) is 3.12. The van der Waals surface area contributed by atoms with Crippen molar-refractivity contribution in [3.63, 3.8) is 0 Å². The number of aromatic amines is 1. The van der Waals surface area contributed by atoms with E-state index in [1.54, 1.807) is 12.1 Å². The van der Waals surface area contributed by atoms with Gasteiger partial charge in [0.1, 0.15) is 11.4 Å². The highest BCUT2D eigenvalue weighted by Crippen LogP contribution is 2.29. The first-order valence-corrected chi connectivity index (χ1v) is 7.66. The van der Waals surface area contributed by atoms with Crippen LogP contribution < -0.4 is 5.63 Å². The van der Waals surface area contributed by atoms with E-state index in [4.69, 9.17) is 27.6 Å². The summed E-state index contributed by atoms with van der Waals surface area (Å²) in [6.07, 6.45) is 0. The Labute approximate surface area is 140 Å². The standard InChI is InChI=1S/C17H10Cl2N2O2/c1-8-2-3-13-14(4-8)21-16(20-13)11-6-9-5-10(18)7-12(19)15(9)23-17(11)22/h2-7H,1H3,(H,20,21). The molecule has 4 aromatic rings. The molecule has 23 heavy (non-hydrogen) atoms. The van der Waals surface area contributed by atoms with Crippen LogP contribution in [0.3, 0.4) is 0 Å². The zero-order chi connectivity index (χ0) is 16.1. The zero-order valence-corrected chi connectivity index (χ0v) is 13.5. The Kier molecular flexibility index (Phi) is 3.18. The maximum absolute atomic E-state index is 12.3. The Morgan fingerprint density at radius 1 is 1.13 bits per heavy atom. The van der Waals surface area contributed by atoms with Crippen LogP contribution in [-0.4, -0.2) is 9.97 Å². The summed E-state index contributed by atoms with van der Waals surface area (Å²) in [5.41, 5.74) is 2.91.